The predicted octanol–water partition coefficient (Wildman–Crippen LogP) is 3.05. The topological polar surface area (TPSA) is 63.6 Å². The van der Waals surface area contributed by atoms with Crippen LogP contribution in [0.15, 0.2) is 0 Å². The molecule has 15 heavy (non-hydrogen) atoms. The van der Waals surface area contributed by atoms with Gasteiger partial charge < -0.3 is 9.42 Å². The molecule has 0 amide bonds. The first kappa shape index (κ1) is 14.7. The highest BCUT2D eigenvalue weighted by Crippen LogP contribution is 2.17. The molecule has 0 aliphatic heterocycles. The van der Waals surface area contributed by atoms with Crippen LogP contribution >= 0.6 is 8.25 Å². The number of carbonyl (C=O) groups is 1. The second kappa shape index (κ2) is 10.2. The Labute approximate surface area is 92.0 Å². The van der Waals surface area contributed by atoms with E-state index < -0.39 is 14.2 Å². The van der Waals surface area contributed by atoms with Gasteiger partial charge in [-0.25, -0.2) is 4.57 Å². The first-order valence-electron chi connectivity index (χ1n) is 5.60. The summed E-state index contributed by atoms with van der Waals surface area (Å²) in [7, 11) is -3.09. The van der Waals surface area contributed by atoms with Gasteiger partial charge in [-0.2, -0.15) is 0 Å². The van der Waals surface area contributed by atoms with E-state index in [4.69, 9.17) is 4.89 Å². The van der Waals surface area contributed by atoms with Crippen molar-refractivity contribution in [2.24, 2.45) is 0 Å². The van der Waals surface area contributed by atoms with Crippen molar-refractivity contribution in [1.29, 1.82) is 0 Å². The lowest BCUT2D eigenvalue weighted by Crippen LogP contribution is -1.97. The Morgan fingerprint density at radius 3 is 2.20 bits per heavy atom. The summed E-state index contributed by atoms with van der Waals surface area (Å²) in [6, 6.07) is 0. The smallest absolute Gasteiger partial charge is 0.367 e. The summed E-state index contributed by atoms with van der Waals surface area (Å²) in [6.45, 7) is 2.17. The van der Waals surface area contributed by atoms with Crippen molar-refractivity contribution in [3.63, 3.8) is 0 Å². The number of hydrogen-bond acceptors (Lipinski definition) is 3. The van der Waals surface area contributed by atoms with Crippen LogP contribution in [0.3, 0.4) is 0 Å². The van der Waals surface area contributed by atoms with E-state index in [1.54, 1.807) is 0 Å². The second-order valence-corrected chi connectivity index (χ2v) is 4.35. The highest BCUT2D eigenvalue weighted by Gasteiger charge is 2.04. The first-order valence-corrected chi connectivity index (χ1v) is 6.86. The molecule has 90 valence electrons. The molecule has 4 nitrogen and oxygen atoms in total. The van der Waals surface area contributed by atoms with Crippen LogP contribution in [0.2, 0.25) is 0 Å². The molecule has 0 saturated heterocycles. The summed E-state index contributed by atoms with van der Waals surface area (Å²) < 4.78 is 14.3. The van der Waals surface area contributed by atoms with Gasteiger partial charge in [-0.05, 0) is 6.42 Å². The minimum atomic E-state index is -3.09. The van der Waals surface area contributed by atoms with Crippen LogP contribution in [0, 0.1) is 0 Å². The third-order valence-electron chi connectivity index (χ3n) is 2.19. The minimum absolute atomic E-state index is 0.255. The summed E-state index contributed by atoms with van der Waals surface area (Å²) in [5.74, 6) is -0.560. The Bertz CT molecular complexity index is 194. The van der Waals surface area contributed by atoms with Crippen molar-refractivity contribution in [2.45, 2.75) is 58.3 Å². The largest absolute Gasteiger partial charge is 0.394 e. The monoisotopic (exact) mass is 236 g/mol. The summed E-state index contributed by atoms with van der Waals surface area (Å²) in [5, 5.41) is 0. The SMILES string of the molecule is CCCCCCCCCC(=O)O[PH](=O)O. The van der Waals surface area contributed by atoms with E-state index in [9.17, 15) is 9.36 Å². The van der Waals surface area contributed by atoms with E-state index in [1.165, 1.54) is 25.7 Å². The van der Waals surface area contributed by atoms with Gasteiger partial charge in [0.2, 0.25) is 0 Å². The van der Waals surface area contributed by atoms with Gasteiger partial charge in [0.15, 0.2) is 0 Å². The van der Waals surface area contributed by atoms with Gasteiger partial charge in [-0.15, -0.1) is 0 Å². The van der Waals surface area contributed by atoms with Crippen molar-refractivity contribution in [3.05, 3.63) is 0 Å². The summed E-state index contributed by atoms with van der Waals surface area (Å²) >= 11 is 0. The van der Waals surface area contributed by atoms with Crippen molar-refractivity contribution < 1.29 is 18.8 Å². The van der Waals surface area contributed by atoms with Crippen LogP contribution < -0.4 is 0 Å². The van der Waals surface area contributed by atoms with Gasteiger partial charge >= 0.3 is 14.2 Å². The van der Waals surface area contributed by atoms with Crippen molar-refractivity contribution in [3.8, 4) is 0 Å². The van der Waals surface area contributed by atoms with E-state index in [-0.39, 0.29) is 6.42 Å². The number of carbonyl (C=O) groups excluding carboxylic acids is 1. The molecule has 0 bridgehead atoms. The molecule has 0 heterocycles. The molecule has 0 aromatic heterocycles. The zero-order chi connectivity index (χ0) is 11.5. The molecule has 1 atom stereocenters. The molecule has 0 aliphatic carbocycles. The molecule has 5 heteroatoms. The summed E-state index contributed by atoms with van der Waals surface area (Å²) in [4.78, 5) is 19.2. The van der Waals surface area contributed by atoms with Crippen LogP contribution in [0.4, 0.5) is 0 Å². The normalized spacial score (nSPS) is 12.4. The fraction of sp³-hybridized carbons (Fsp3) is 0.900. The average Bonchev–Trinajstić information content (AvgIpc) is 2.15. The fourth-order valence-electron chi connectivity index (χ4n) is 1.37. The van der Waals surface area contributed by atoms with Crippen LogP contribution in [0.25, 0.3) is 0 Å². The maximum Gasteiger partial charge on any atom is 0.367 e. The first-order chi connectivity index (χ1) is 7.16. The molecule has 0 aliphatic rings. The fourth-order valence-corrected chi connectivity index (χ4v) is 1.67. The van der Waals surface area contributed by atoms with Crippen molar-refractivity contribution in [1.82, 2.24) is 0 Å². The lowest BCUT2D eigenvalue weighted by Gasteiger charge is -2.01. The lowest BCUT2D eigenvalue weighted by atomic mass is 10.1. The molecular formula is C10H21O4P. The molecule has 0 spiro atoms. The Balaban J connectivity index is 3.16. The Morgan fingerprint density at radius 2 is 1.67 bits per heavy atom. The summed E-state index contributed by atoms with van der Waals surface area (Å²) in [5.41, 5.74) is 0. The number of unbranched alkanes of at least 4 members (excludes halogenated alkanes) is 6. The number of rotatable bonds is 9. The average molecular weight is 236 g/mol. The standard InChI is InChI=1S/C10H21O4P/c1-2-3-4-5-6-7-8-9-10(11)14-15(12)13/h15H,2-9H2,1H3,(H,12,13). The molecule has 0 radical (unpaired) electrons. The zero-order valence-corrected chi connectivity index (χ0v) is 10.3. The van der Waals surface area contributed by atoms with Gasteiger partial charge in [-0.3, -0.25) is 4.79 Å². The Hall–Kier alpha value is -0.340. The third-order valence-corrected chi connectivity index (χ3v) is 2.59. The van der Waals surface area contributed by atoms with Crippen LogP contribution in [0.5, 0.6) is 0 Å². The molecule has 1 unspecified atom stereocenters. The van der Waals surface area contributed by atoms with Gasteiger partial charge in [0, 0.05) is 6.42 Å². The van der Waals surface area contributed by atoms with Gasteiger partial charge in [0.1, 0.15) is 0 Å². The zero-order valence-electron chi connectivity index (χ0n) is 9.33. The Kier molecular flexibility index (Phi) is 9.96. The predicted molar refractivity (Wildman–Crippen MR) is 59.9 cm³/mol. The molecule has 1 N–H and O–H groups in total. The molecule has 0 rings (SSSR count). The highest BCUT2D eigenvalue weighted by atomic mass is 31.1. The quantitative estimate of drug-likeness (QED) is 0.493. The van der Waals surface area contributed by atoms with Crippen LogP contribution in [-0.4, -0.2) is 10.9 Å². The second-order valence-electron chi connectivity index (χ2n) is 3.61. The van der Waals surface area contributed by atoms with Crippen LogP contribution in [-0.2, 0) is 13.9 Å². The van der Waals surface area contributed by atoms with Crippen molar-refractivity contribution >= 4 is 14.2 Å². The molecule has 0 saturated carbocycles. The van der Waals surface area contributed by atoms with E-state index in [0.29, 0.717) is 0 Å². The van der Waals surface area contributed by atoms with E-state index in [1.807, 2.05) is 0 Å². The molecule has 0 fully saturated rings. The van der Waals surface area contributed by atoms with Gasteiger partial charge in [-0.1, -0.05) is 45.4 Å². The maximum absolute atomic E-state index is 10.8. The van der Waals surface area contributed by atoms with E-state index in [0.717, 1.165) is 19.3 Å². The summed E-state index contributed by atoms with van der Waals surface area (Å²) in [6.07, 6.45) is 8.09. The third kappa shape index (κ3) is 11.6. The molecular weight excluding hydrogens is 215 g/mol. The van der Waals surface area contributed by atoms with Crippen LogP contribution in [0.1, 0.15) is 58.3 Å². The molecule has 0 aromatic rings. The van der Waals surface area contributed by atoms with Gasteiger partial charge in [0.25, 0.3) is 0 Å². The van der Waals surface area contributed by atoms with E-state index in [2.05, 4.69) is 11.4 Å². The lowest BCUT2D eigenvalue weighted by molar-refractivity contribution is -0.134. The molecule has 0 aromatic carbocycles. The maximum atomic E-state index is 10.8. The number of hydrogen-bond donors (Lipinski definition) is 1. The minimum Gasteiger partial charge on any atom is -0.394 e. The Morgan fingerprint density at radius 1 is 1.13 bits per heavy atom. The highest BCUT2D eigenvalue weighted by molar-refractivity contribution is 7.32. The van der Waals surface area contributed by atoms with Gasteiger partial charge in [0.05, 0.1) is 0 Å². The van der Waals surface area contributed by atoms with Crippen molar-refractivity contribution in [2.75, 3.05) is 0 Å². The van der Waals surface area contributed by atoms with E-state index >= 15 is 0 Å².